The summed E-state index contributed by atoms with van der Waals surface area (Å²) in [4.78, 5) is 0. The van der Waals surface area contributed by atoms with Crippen LogP contribution in [-0.2, 0) is 0 Å². The van der Waals surface area contributed by atoms with Gasteiger partial charge in [-0.3, -0.25) is 0 Å². The third-order valence-electron chi connectivity index (χ3n) is 4.52. The minimum Gasteiger partial charge on any atom is -0.316 e. The number of allylic oxidation sites excluding steroid dienone is 3. The van der Waals surface area contributed by atoms with E-state index in [9.17, 15) is 0 Å². The van der Waals surface area contributed by atoms with E-state index < -0.39 is 0 Å². The van der Waals surface area contributed by atoms with Crippen molar-refractivity contribution >= 4 is 0 Å². The van der Waals surface area contributed by atoms with E-state index in [-0.39, 0.29) is 0 Å². The first-order valence-corrected chi connectivity index (χ1v) is 7.69. The van der Waals surface area contributed by atoms with Crippen LogP contribution in [0, 0.1) is 17.3 Å². The molecule has 104 valence electrons. The Morgan fingerprint density at radius 3 is 2.56 bits per heavy atom. The zero-order chi connectivity index (χ0) is 13.4. The van der Waals surface area contributed by atoms with Gasteiger partial charge in [0.2, 0.25) is 0 Å². The van der Waals surface area contributed by atoms with Gasteiger partial charge in [-0.25, -0.2) is 0 Å². The van der Waals surface area contributed by atoms with Crippen molar-refractivity contribution in [3.05, 3.63) is 24.3 Å². The van der Waals surface area contributed by atoms with Crippen molar-refractivity contribution in [2.24, 2.45) is 17.3 Å². The second-order valence-corrected chi connectivity index (χ2v) is 6.06. The molecule has 0 saturated heterocycles. The number of hydrogen-bond acceptors (Lipinski definition) is 1. The van der Waals surface area contributed by atoms with Crippen molar-refractivity contribution in [3.8, 4) is 0 Å². The minimum absolute atomic E-state index is 0.345. The molecule has 1 aliphatic rings. The van der Waals surface area contributed by atoms with Gasteiger partial charge in [0.1, 0.15) is 0 Å². The van der Waals surface area contributed by atoms with E-state index in [0.29, 0.717) is 5.41 Å². The van der Waals surface area contributed by atoms with Gasteiger partial charge >= 0.3 is 0 Å². The fourth-order valence-electron chi connectivity index (χ4n) is 2.77. The van der Waals surface area contributed by atoms with E-state index in [1.165, 1.54) is 25.7 Å². The average Bonchev–Trinajstić information content (AvgIpc) is 2.40. The Morgan fingerprint density at radius 1 is 1.22 bits per heavy atom. The molecule has 3 unspecified atom stereocenters. The predicted molar refractivity (Wildman–Crippen MR) is 81.7 cm³/mol. The standard InChI is InChI=1S/C17H31N/c1-5-10-16(4)17(11-8-7-9-12-17)14-18-13-15(3)6-2/h7-9,11,15-16,18H,5-6,10,12-14H2,1-4H3. The molecule has 0 aliphatic heterocycles. The van der Waals surface area contributed by atoms with Gasteiger partial charge in [-0.15, -0.1) is 0 Å². The molecule has 0 bridgehead atoms. The monoisotopic (exact) mass is 249 g/mol. The Kier molecular flexibility index (Phi) is 6.70. The van der Waals surface area contributed by atoms with Crippen LogP contribution in [0.2, 0.25) is 0 Å². The maximum absolute atomic E-state index is 3.70. The molecule has 0 heterocycles. The first kappa shape index (κ1) is 15.5. The molecule has 0 aromatic carbocycles. The molecular formula is C17H31N. The van der Waals surface area contributed by atoms with Gasteiger partial charge in [0, 0.05) is 12.0 Å². The summed E-state index contributed by atoms with van der Waals surface area (Å²) < 4.78 is 0. The zero-order valence-electron chi connectivity index (χ0n) is 12.7. The highest BCUT2D eigenvalue weighted by molar-refractivity contribution is 5.18. The normalized spacial score (nSPS) is 26.2. The lowest BCUT2D eigenvalue weighted by Gasteiger charge is -2.38. The number of nitrogens with one attached hydrogen (secondary N) is 1. The van der Waals surface area contributed by atoms with Gasteiger partial charge in [-0.05, 0) is 24.8 Å². The molecule has 0 aromatic rings. The molecule has 1 rings (SSSR count). The highest BCUT2D eigenvalue weighted by Gasteiger charge is 2.32. The first-order chi connectivity index (χ1) is 8.64. The van der Waals surface area contributed by atoms with E-state index in [1.54, 1.807) is 0 Å². The molecule has 1 heteroatoms. The van der Waals surface area contributed by atoms with Crippen LogP contribution in [0.5, 0.6) is 0 Å². The third-order valence-corrected chi connectivity index (χ3v) is 4.52. The summed E-state index contributed by atoms with van der Waals surface area (Å²) in [6.45, 7) is 11.6. The van der Waals surface area contributed by atoms with Crippen LogP contribution >= 0.6 is 0 Å². The average molecular weight is 249 g/mol. The molecule has 0 spiro atoms. The Hall–Kier alpha value is -0.560. The molecule has 0 radical (unpaired) electrons. The number of hydrogen-bond donors (Lipinski definition) is 1. The van der Waals surface area contributed by atoms with Gasteiger partial charge in [0.25, 0.3) is 0 Å². The quantitative estimate of drug-likeness (QED) is 0.665. The lowest BCUT2D eigenvalue weighted by molar-refractivity contribution is 0.218. The fraction of sp³-hybridized carbons (Fsp3) is 0.765. The Balaban J connectivity index is 2.56. The first-order valence-electron chi connectivity index (χ1n) is 7.69. The summed E-state index contributed by atoms with van der Waals surface area (Å²) >= 11 is 0. The van der Waals surface area contributed by atoms with Crippen LogP contribution in [0.1, 0.15) is 53.4 Å². The lowest BCUT2D eigenvalue weighted by Crippen LogP contribution is -2.39. The molecule has 1 aliphatic carbocycles. The SMILES string of the molecule is CCCC(C)C1(CNCC(C)CC)C=CC=CC1. The summed E-state index contributed by atoms with van der Waals surface area (Å²) in [5, 5.41) is 3.70. The van der Waals surface area contributed by atoms with E-state index in [4.69, 9.17) is 0 Å². The summed E-state index contributed by atoms with van der Waals surface area (Å²) in [5.74, 6) is 1.54. The highest BCUT2D eigenvalue weighted by Crippen LogP contribution is 2.38. The maximum atomic E-state index is 3.70. The van der Waals surface area contributed by atoms with Crippen LogP contribution in [-0.4, -0.2) is 13.1 Å². The van der Waals surface area contributed by atoms with Crippen molar-refractivity contribution in [3.63, 3.8) is 0 Å². The fourth-order valence-corrected chi connectivity index (χ4v) is 2.77. The predicted octanol–water partition coefficient (Wildman–Crippen LogP) is 4.56. The van der Waals surface area contributed by atoms with Gasteiger partial charge in [-0.2, -0.15) is 0 Å². The molecule has 0 saturated carbocycles. The van der Waals surface area contributed by atoms with Crippen molar-refractivity contribution < 1.29 is 0 Å². The van der Waals surface area contributed by atoms with Crippen molar-refractivity contribution in [2.45, 2.75) is 53.4 Å². The van der Waals surface area contributed by atoms with Gasteiger partial charge in [0.05, 0.1) is 0 Å². The Bertz CT molecular complexity index is 279. The number of rotatable bonds is 8. The topological polar surface area (TPSA) is 12.0 Å². The van der Waals surface area contributed by atoms with Crippen LogP contribution in [0.15, 0.2) is 24.3 Å². The van der Waals surface area contributed by atoms with Crippen LogP contribution < -0.4 is 5.32 Å². The van der Waals surface area contributed by atoms with Gasteiger partial charge in [-0.1, -0.05) is 71.3 Å². The van der Waals surface area contributed by atoms with E-state index in [1.807, 2.05) is 0 Å². The largest absolute Gasteiger partial charge is 0.316 e. The van der Waals surface area contributed by atoms with Crippen molar-refractivity contribution in [1.82, 2.24) is 5.32 Å². The smallest absolute Gasteiger partial charge is 0.00698 e. The van der Waals surface area contributed by atoms with Crippen molar-refractivity contribution in [2.75, 3.05) is 13.1 Å². The lowest BCUT2D eigenvalue weighted by atomic mass is 9.70. The van der Waals surface area contributed by atoms with E-state index in [2.05, 4.69) is 57.3 Å². The van der Waals surface area contributed by atoms with Gasteiger partial charge in [0.15, 0.2) is 0 Å². The van der Waals surface area contributed by atoms with Crippen LogP contribution in [0.4, 0.5) is 0 Å². The second-order valence-electron chi connectivity index (χ2n) is 6.06. The van der Waals surface area contributed by atoms with Crippen LogP contribution in [0.3, 0.4) is 0 Å². The molecular weight excluding hydrogens is 218 g/mol. The maximum Gasteiger partial charge on any atom is 0.00698 e. The third kappa shape index (κ3) is 4.28. The molecule has 1 nitrogen and oxygen atoms in total. The van der Waals surface area contributed by atoms with Crippen molar-refractivity contribution in [1.29, 1.82) is 0 Å². The molecule has 0 fully saturated rings. The molecule has 18 heavy (non-hydrogen) atoms. The van der Waals surface area contributed by atoms with Gasteiger partial charge < -0.3 is 5.32 Å². The summed E-state index contributed by atoms with van der Waals surface area (Å²) in [7, 11) is 0. The second kappa shape index (κ2) is 7.78. The van der Waals surface area contributed by atoms with E-state index >= 15 is 0 Å². The molecule has 1 N–H and O–H groups in total. The summed E-state index contributed by atoms with van der Waals surface area (Å²) in [6, 6.07) is 0. The summed E-state index contributed by atoms with van der Waals surface area (Å²) in [6.07, 6.45) is 14.3. The zero-order valence-corrected chi connectivity index (χ0v) is 12.7. The molecule has 0 aromatic heterocycles. The Morgan fingerprint density at radius 2 is 2.00 bits per heavy atom. The minimum atomic E-state index is 0.345. The molecule has 0 amide bonds. The highest BCUT2D eigenvalue weighted by atomic mass is 14.9. The molecule has 3 atom stereocenters. The Labute approximate surface area is 114 Å². The van der Waals surface area contributed by atoms with Crippen LogP contribution in [0.25, 0.3) is 0 Å². The van der Waals surface area contributed by atoms with E-state index in [0.717, 1.165) is 24.9 Å². The summed E-state index contributed by atoms with van der Waals surface area (Å²) in [5.41, 5.74) is 0.345.